The van der Waals surface area contributed by atoms with Gasteiger partial charge in [0.15, 0.2) is 0 Å². The SMILES string of the molecule is CC(C)C[C@H]1C(=O)NCCN1C(=O)CCc1cnccn1. The Kier molecular flexibility index (Phi) is 5.25. The number of aromatic nitrogens is 2. The summed E-state index contributed by atoms with van der Waals surface area (Å²) in [6, 6.07) is -0.340. The highest BCUT2D eigenvalue weighted by Gasteiger charge is 2.32. The van der Waals surface area contributed by atoms with Gasteiger partial charge >= 0.3 is 0 Å². The number of amides is 2. The van der Waals surface area contributed by atoms with Crippen molar-refractivity contribution in [1.29, 1.82) is 0 Å². The summed E-state index contributed by atoms with van der Waals surface area (Å²) >= 11 is 0. The molecule has 0 aromatic carbocycles. The van der Waals surface area contributed by atoms with Crippen LogP contribution in [0.3, 0.4) is 0 Å². The van der Waals surface area contributed by atoms with Crippen LogP contribution in [0.2, 0.25) is 0 Å². The second-order valence-corrected chi connectivity index (χ2v) is 5.72. The normalized spacial score (nSPS) is 18.7. The molecule has 1 aliphatic rings. The fourth-order valence-electron chi connectivity index (χ4n) is 2.53. The summed E-state index contributed by atoms with van der Waals surface area (Å²) in [6.45, 7) is 5.24. The number of carbonyl (C=O) groups is 2. The summed E-state index contributed by atoms with van der Waals surface area (Å²) < 4.78 is 0. The maximum atomic E-state index is 12.4. The number of hydrogen-bond acceptors (Lipinski definition) is 4. The first kappa shape index (κ1) is 15.4. The number of aryl methyl sites for hydroxylation is 1. The maximum absolute atomic E-state index is 12.4. The van der Waals surface area contributed by atoms with E-state index in [0.717, 1.165) is 5.69 Å². The molecule has 1 aliphatic heterocycles. The van der Waals surface area contributed by atoms with E-state index in [0.29, 0.717) is 38.3 Å². The molecule has 0 radical (unpaired) electrons. The highest BCUT2D eigenvalue weighted by Crippen LogP contribution is 2.16. The van der Waals surface area contributed by atoms with Crippen LogP contribution in [0.4, 0.5) is 0 Å². The van der Waals surface area contributed by atoms with Crippen LogP contribution in [0.15, 0.2) is 18.6 Å². The molecule has 0 bridgehead atoms. The Hall–Kier alpha value is -1.98. The van der Waals surface area contributed by atoms with E-state index in [9.17, 15) is 9.59 Å². The molecule has 1 saturated heterocycles. The minimum atomic E-state index is -0.340. The molecule has 0 unspecified atom stereocenters. The smallest absolute Gasteiger partial charge is 0.242 e. The molecule has 6 heteroatoms. The molecule has 1 atom stereocenters. The van der Waals surface area contributed by atoms with Crippen molar-refractivity contribution in [3.05, 3.63) is 24.3 Å². The van der Waals surface area contributed by atoms with E-state index >= 15 is 0 Å². The summed E-state index contributed by atoms with van der Waals surface area (Å²) in [5.74, 6) is 0.345. The standard InChI is InChI=1S/C15H22N4O2/c1-11(2)9-13-15(21)18-7-8-19(13)14(20)4-3-12-10-16-5-6-17-12/h5-6,10-11,13H,3-4,7-9H2,1-2H3,(H,18,21)/t13-/m0/s1. The van der Waals surface area contributed by atoms with Crippen LogP contribution in [0.5, 0.6) is 0 Å². The van der Waals surface area contributed by atoms with Gasteiger partial charge in [0.1, 0.15) is 6.04 Å². The number of piperazine rings is 1. The van der Waals surface area contributed by atoms with Crippen molar-refractivity contribution in [3.8, 4) is 0 Å². The van der Waals surface area contributed by atoms with Gasteiger partial charge < -0.3 is 10.2 Å². The number of nitrogens with zero attached hydrogens (tertiary/aromatic N) is 3. The Labute approximate surface area is 125 Å². The van der Waals surface area contributed by atoms with Gasteiger partial charge in [-0.05, 0) is 18.8 Å². The number of carbonyl (C=O) groups excluding carboxylic acids is 2. The molecular formula is C15H22N4O2. The third kappa shape index (κ3) is 4.24. The van der Waals surface area contributed by atoms with Crippen LogP contribution in [0, 0.1) is 5.92 Å². The first-order valence-corrected chi connectivity index (χ1v) is 7.40. The van der Waals surface area contributed by atoms with Gasteiger partial charge in [-0.1, -0.05) is 13.8 Å². The lowest BCUT2D eigenvalue weighted by atomic mass is 9.99. The van der Waals surface area contributed by atoms with Crippen LogP contribution >= 0.6 is 0 Å². The van der Waals surface area contributed by atoms with Crippen molar-refractivity contribution in [3.63, 3.8) is 0 Å². The number of hydrogen-bond donors (Lipinski definition) is 1. The summed E-state index contributed by atoms with van der Waals surface area (Å²) in [7, 11) is 0. The molecule has 2 amide bonds. The van der Waals surface area contributed by atoms with Crippen molar-refractivity contribution in [2.45, 2.75) is 39.2 Å². The largest absolute Gasteiger partial charge is 0.353 e. The Morgan fingerprint density at radius 3 is 2.95 bits per heavy atom. The van der Waals surface area contributed by atoms with Gasteiger partial charge in [-0.25, -0.2) is 0 Å². The Balaban J connectivity index is 1.96. The van der Waals surface area contributed by atoms with E-state index in [-0.39, 0.29) is 17.9 Å². The lowest BCUT2D eigenvalue weighted by Gasteiger charge is -2.36. The molecule has 1 fully saturated rings. The van der Waals surface area contributed by atoms with Gasteiger partial charge in [0.05, 0.1) is 5.69 Å². The van der Waals surface area contributed by atoms with Gasteiger partial charge in [-0.3, -0.25) is 19.6 Å². The van der Waals surface area contributed by atoms with E-state index in [2.05, 4.69) is 29.1 Å². The van der Waals surface area contributed by atoms with E-state index in [1.165, 1.54) is 0 Å². The zero-order valence-corrected chi connectivity index (χ0v) is 12.6. The fourth-order valence-corrected chi connectivity index (χ4v) is 2.53. The summed E-state index contributed by atoms with van der Waals surface area (Å²) in [5.41, 5.74) is 0.799. The lowest BCUT2D eigenvalue weighted by molar-refractivity contribution is -0.143. The van der Waals surface area contributed by atoms with Crippen LogP contribution < -0.4 is 5.32 Å². The minimum Gasteiger partial charge on any atom is -0.353 e. The molecule has 1 aromatic heterocycles. The average Bonchev–Trinajstić information content (AvgIpc) is 2.47. The summed E-state index contributed by atoms with van der Waals surface area (Å²) in [4.78, 5) is 34.3. The first-order chi connectivity index (χ1) is 10.1. The van der Waals surface area contributed by atoms with Crippen LogP contribution in [-0.4, -0.2) is 45.8 Å². The topological polar surface area (TPSA) is 75.2 Å². The van der Waals surface area contributed by atoms with E-state index < -0.39 is 0 Å². The zero-order valence-electron chi connectivity index (χ0n) is 12.6. The summed E-state index contributed by atoms with van der Waals surface area (Å²) in [6.07, 6.45) is 6.51. The molecule has 0 aliphatic carbocycles. The fraction of sp³-hybridized carbons (Fsp3) is 0.600. The van der Waals surface area contributed by atoms with Crippen molar-refractivity contribution >= 4 is 11.8 Å². The van der Waals surface area contributed by atoms with E-state index in [1.807, 2.05) is 0 Å². The van der Waals surface area contributed by atoms with Crippen molar-refractivity contribution in [2.75, 3.05) is 13.1 Å². The molecule has 114 valence electrons. The van der Waals surface area contributed by atoms with Crippen LogP contribution in [0.25, 0.3) is 0 Å². The predicted octanol–water partition coefficient (Wildman–Crippen LogP) is 0.782. The molecular weight excluding hydrogens is 268 g/mol. The van der Waals surface area contributed by atoms with E-state index in [1.54, 1.807) is 23.5 Å². The predicted molar refractivity (Wildman–Crippen MR) is 78.3 cm³/mol. The molecule has 2 heterocycles. The highest BCUT2D eigenvalue weighted by atomic mass is 16.2. The Bertz CT molecular complexity index is 490. The van der Waals surface area contributed by atoms with Gasteiger partial charge in [-0.2, -0.15) is 0 Å². The monoisotopic (exact) mass is 290 g/mol. The average molecular weight is 290 g/mol. The van der Waals surface area contributed by atoms with Gasteiger partial charge in [0, 0.05) is 38.1 Å². The molecule has 0 saturated carbocycles. The van der Waals surface area contributed by atoms with Crippen LogP contribution in [0.1, 0.15) is 32.4 Å². The van der Waals surface area contributed by atoms with Crippen molar-refractivity contribution in [2.24, 2.45) is 5.92 Å². The van der Waals surface area contributed by atoms with Crippen molar-refractivity contribution in [1.82, 2.24) is 20.2 Å². The third-order valence-corrected chi connectivity index (χ3v) is 3.56. The molecule has 1 aromatic rings. The molecule has 2 rings (SSSR count). The zero-order chi connectivity index (χ0) is 15.2. The molecule has 1 N–H and O–H groups in total. The Morgan fingerprint density at radius 1 is 1.48 bits per heavy atom. The Morgan fingerprint density at radius 2 is 2.29 bits per heavy atom. The van der Waals surface area contributed by atoms with Gasteiger partial charge in [0.2, 0.25) is 11.8 Å². The highest BCUT2D eigenvalue weighted by molar-refractivity contribution is 5.88. The van der Waals surface area contributed by atoms with Gasteiger partial charge in [-0.15, -0.1) is 0 Å². The minimum absolute atomic E-state index is 0.0150. The third-order valence-electron chi connectivity index (χ3n) is 3.56. The van der Waals surface area contributed by atoms with Gasteiger partial charge in [0.25, 0.3) is 0 Å². The second-order valence-electron chi connectivity index (χ2n) is 5.72. The van der Waals surface area contributed by atoms with Crippen LogP contribution in [-0.2, 0) is 16.0 Å². The maximum Gasteiger partial charge on any atom is 0.242 e. The quantitative estimate of drug-likeness (QED) is 0.869. The number of nitrogens with one attached hydrogen (secondary N) is 1. The molecule has 0 spiro atoms. The van der Waals surface area contributed by atoms with E-state index in [4.69, 9.17) is 0 Å². The lowest BCUT2D eigenvalue weighted by Crippen LogP contribution is -2.57. The number of rotatable bonds is 5. The van der Waals surface area contributed by atoms with Crippen molar-refractivity contribution < 1.29 is 9.59 Å². The molecule has 21 heavy (non-hydrogen) atoms. The second kappa shape index (κ2) is 7.15. The first-order valence-electron chi connectivity index (χ1n) is 7.40. The molecule has 6 nitrogen and oxygen atoms in total. The summed E-state index contributed by atoms with van der Waals surface area (Å²) in [5, 5.41) is 2.84.